The highest BCUT2D eigenvalue weighted by atomic mass is 32.1. The molecule has 1 aromatic carbocycles. The van der Waals surface area contributed by atoms with Gasteiger partial charge in [0.15, 0.2) is 5.70 Å². The summed E-state index contributed by atoms with van der Waals surface area (Å²) in [5, 5.41) is 0. The summed E-state index contributed by atoms with van der Waals surface area (Å²) >= 11 is 1.69. The quantitative estimate of drug-likeness (QED) is 0.624. The van der Waals surface area contributed by atoms with Gasteiger partial charge < -0.3 is 4.74 Å². The van der Waals surface area contributed by atoms with Crippen molar-refractivity contribution >= 4 is 29.3 Å². The predicted molar refractivity (Wildman–Crippen MR) is 89.9 cm³/mol. The smallest absolute Gasteiger partial charge is 0.363 e. The number of carbonyl (C=O) groups excluding carboxylic acids is 1. The third-order valence-electron chi connectivity index (χ3n) is 3.21. The molecule has 3 rings (SSSR count). The van der Waals surface area contributed by atoms with Crippen LogP contribution < -0.4 is 0 Å². The van der Waals surface area contributed by atoms with E-state index in [-0.39, 0.29) is 0 Å². The lowest BCUT2D eigenvalue weighted by atomic mass is 10.1. The van der Waals surface area contributed by atoms with Crippen LogP contribution in [0.4, 0.5) is 0 Å². The molecule has 3 nitrogen and oxygen atoms in total. The van der Waals surface area contributed by atoms with E-state index in [2.05, 4.69) is 24.9 Å². The van der Waals surface area contributed by atoms with Gasteiger partial charge in [-0.1, -0.05) is 32.0 Å². The molecule has 0 spiro atoms. The summed E-state index contributed by atoms with van der Waals surface area (Å²) in [4.78, 5) is 18.6. The minimum atomic E-state index is -0.391. The molecule has 0 amide bonds. The summed E-state index contributed by atoms with van der Waals surface area (Å²) in [5.74, 6) is 0.603. The average molecular weight is 311 g/mol. The van der Waals surface area contributed by atoms with Crippen molar-refractivity contribution in [1.82, 2.24) is 0 Å². The first-order valence-corrected chi connectivity index (χ1v) is 8.10. The Labute approximate surface area is 134 Å². The Bertz CT molecular complexity index is 741. The number of nitrogens with zero attached hydrogens (tertiary/aromatic N) is 1. The lowest BCUT2D eigenvalue weighted by Crippen LogP contribution is -2.04. The Hall–Kier alpha value is -2.20. The lowest BCUT2D eigenvalue weighted by molar-refractivity contribution is -0.129. The van der Waals surface area contributed by atoms with Crippen molar-refractivity contribution in [2.45, 2.75) is 20.3 Å². The number of hydrogen-bond donors (Lipinski definition) is 0. The molecule has 1 aliphatic rings. The molecular weight excluding hydrogens is 294 g/mol. The number of cyclic esters (lactones) is 1. The Balaban J connectivity index is 1.83. The van der Waals surface area contributed by atoms with Crippen LogP contribution in [-0.4, -0.2) is 11.9 Å². The number of aliphatic imine (C=N–C) groups is 1. The van der Waals surface area contributed by atoms with E-state index in [1.165, 1.54) is 4.88 Å². The number of benzene rings is 1. The highest BCUT2D eigenvalue weighted by Gasteiger charge is 2.24. The van der Waals surface area contributed by atoms with Gasteiger partial charge in [-0.15, -0.1) is 11.3 Å². The first-order valence-electron chi connectivity index (χ1n) is 7.28. The van der Waals surface area contributed by atoms with Crippen molar-refractivity contribution in [1.29, 1.82) is 0 Å². The van der Waals surface area contributed by atoms with Crippen molar-refractivity contribution in [2.24, 2.45) is 10.9 Å². The van der Waals surface area contributed by atoms with E-state index in [1.54, 1.807) is 17.4 Å². The molecule has 112 valence electrons. The highest BCUT2D eigenvalue weighted by Crippen LogP contribution is 2.25. The largest absolute Gasteiger partial charge is 0.402 e. The molecule has 0 saturated carbocycles. The van der Waals surface area contributed by atoms with Crippen LogP contribution in [0, 0.1) is 5.92 Å². The molecule has 0 atom stereocenters. The number of thiophene rings is 1. The third-order valence-corrected chi connectivity index (χ3v) is 4.27. The second-order valence-corrected chi connectivity index (χ2v) is 6.80. The standard InChI is InChI=1S/C18H17NO2S/c1-12(2)10-14-8-9-15(22-14)11-16-18(20)21-17(19-16)13-6-4-3-5-7-13/h3-9,11-12H,10H2,1-2H3/b16-11+. The van der Waals surface area contributed by atoms with Gasteiger partial charge in [0.1, 0.15) is 0 Å². The van der Waals surface area contributed by atoms with E-state index >= 15 is 0 Å². The Morgan fingerprint density at radius 2 is 1.95 bits per heavy atom. The number of ether oxygens (including phenoxy) is 1. The zero-order chi connectivity index (χ0) is 15.5. The molecule has 0 radical (unpaired) electrons. The van der Waals surface area contributed by atoms with Gasteiger partial charge in [0.05, 0.1) is 0 Å². The zero-order valence-corrected chi connectivity index (χ0v) is 13.4. The van der Waals surface area contributed by atoms with Crippen LogP contribution in [0.5, 0.6) is 0 Å². The summed E-state index contributed by atoms with van der Waals surface area (Å²) in [5.41, 5.74) is 1.17. The van der Waals surface area contributed by atoms with Gasteiger partial charge in [-0.3, -0.25) is 0 Å². The van der Waals surface area contributed by atoms with Gasteiger partial charge in [-0.2, -0.15) is 0 Å². The highest BCUT2D eigenvalue weighted by molar-refractivity contribution is 7.12. The molecule has 0 unspecified atom stereocenters. The SMILES string of the molecule is CC(C)Cc1ccc(/C=C2/N=C(c3ccccc3)OC2=O)s1. The molecule has 1 aromatic heterocycles. The second kappa shape index (κ2) is 6.28. The molecule has 2 heterocycles. The minimum absolute atomic E-state index is 0.358. The summed E-state index contributed by atoms with van der Waals surface area (Å²) in [6.07, 6.45) is 2.85. The fourth-order valence-electron chi connectivity index (χ4n) is 2.23. The minimum Gasteiger partial charge on any atom is -0.402 e. The fraction of sp³-hybridized carbons (Fsp3) is 0.222. The maximum Gasteiger partial charge on any atom is 0.363 e. The summed E-state index contributed by atoms with van der Waals surface area (Å²) in [6.45, 7) is 4.39. The fourth-order valence-corrected chi connectivity index (χ4v) is 3.39. The normalized spacial score (nSPS) is 16.2. The molecule has 0 aliphatic carbocycles. The maximum atomic E-state index is 11.9. The number of hydrogen-bond acceptors (Lipinski definition) is 4. The van der Waals surface area contributed by atoms with E-state index in [4.69, 9.17) is 4.74 Å². The third kappa shape index (κ3) is 3.34. The van der Waals surface area contributed by atoms with Gasteiger partial charge in [-0.05, 0) is 42.7 Å². The van der Waals surface area contributed by atoms with Crippen LogP contribution in [0.2, 0.25) is 0 Å². The predicted octanol–water partition coefficient (Wildman–Crippen LogP) is 4.29. The van der Waals surface area contributed by atoms with Crippen LogP contribution in [0.3, 0.4) is 0 Å². The Morgan fingerprint density at radius 1 is 1.18 bits per heavy atom. The van der Waals surface area contributed by atoms with E-state index in [9.17, 15) is 4.79 Å². The lowest BCUT2D eigenvalue weighted by Gasteiger charge is -1.99. The van der Waals surface area contributed by atoms with E-state index in [0.717, 1.165) is 16.9 Å². The van der Waals surface area contributed by atoms with Crippen LogP contribution in [0.15, 0.2) is 53.2 Å². The Kier molecular flexibility index (Phi) is 4.20. The number of esters is 1. The van der Waals surface area contributed by atoms with Gasteiger partial charge in [0.25, 0.3) is 0 Å². The first kappa shape index (κ1) is 14.7. The van der Waals surface area contributed by atoms with E-state index in [1.807, 2.05) is 36.4 Å². The number of rotatable bonds is 4. The summed E-state index contributed by atoms with van der Waals surface area (Å²) in [7, 11) is 0. The molecule has 22 heavy (non-hydrogen) atoms. The Morgan fingerprint density at radius 3 is 2.68 bits per heavy atom. The van der Waals surface area contributed by atoms with Crippen molar-refractivity contribution in [3.63, 3.8) is 0 Å². The van der Waals surface area contributed by atoms with Crippen molar-refractivity contribution in [3.8, 4) is 0 Å². The molecule has 0 bridgehead atoms. The molecule has 0 saturated heterocycles. The van der Waals surface area contributed by atoms with Gasteiger partial charge in [-0.25, -0.2) is 9.79 Å². The molecule has 0 N–H and O–H groups in total. The van der Waals surface area contributed by atoms with E-state index < -0.39 is 5.97 Å². The van der Waals surface area contributed by atoms with Crippen molar-refractivity contribution < 1.29 is 9.53 Å². The summed E-state index contributed by atoms with van der Waals surface area (Å²) < 4.78 is 5.25. The zero-order valence-electron chi connectivity index (χ0n) is 12.6. The average Bonchev–Trinajstić information content (AvgIpc) is 3.07. The molecule has 0 fully saturated rings. The molecule has 1 aliphatic heterocycles. The molecule has 2 aromatic rings. The van der Waals surface area contributed by atoms with Crippen LogP contribution in [0.25, 0.3) is 6.08 Å². The summed E-state index contributed by atoms with van der Waals surface area (Å²) in [6, 6.07) is 13.6. The first-order chi connectivity index (χ1) is 10.6. The topological polar surface area (TPSA) is 38.7 Å². The van der Waals surface area contributed by atoms with Crippen LogP contribution in [0.1, 0.15) is 29.2 Å². The van der Waals surface area contributed by atoms with Gasteiger partial charge >= 0.3 is 5.97 Å². The molecule has 4 heteroatoms. The van der Waals surface area contributed by atoms with Crippen molar-refractivity contribution in [2.75, 3.05) is 0 Å². The number of carbonyl (C=O) groups is 1. The maximum absolute atomic E-state index is 11.9. The van der Waals surface area contributed by atoms with Crippen LogP contribution >= 0.6 is 11.3 Å². The van der Waals surface area contributed by atoms with Crippen LogP contribution in [-0.2, 0) is 16.0 Å². The van der Waals surface area contributed by atoms with Gasteiger partial charge in [0.2, 0.25) is 5.90 Å². The monoisotopic (exact) mass is 311 g/mol. The van der Waals surface area contributed by atoms with Crippen molar-refractivity contribution in [3.05, 3.63) is 63.5 Å². The van der Waals surface area contributed by atoms with E-state index in [0.29, 0.717) is 17.5 Å². The van der Waals surface area contributed by atoms with Gasteiger partial charge in [0, 0.05) is 15.3 Å². The molecular formula is C18H17NO2S. The second-order valence-electron chi connectivity index (χ2n) is 5.60.